The summed E-state index contributed by atoms with van der Waals surface area (Å²) in [4.78, 5) is 5.63. The average molecular weight is 143 g/mol. The van der Waals surface area contributed by atoms with Crippen LogP contribution in [0.15, 0.2) is 0 Å². The highest BCUT2D eigenvalue weighted by Crippen LogP contribution is 2.15. The Morgan fingerprint density at radius 1 is 1.10 bits per heavy atom. The summed E-state index contributed by atoms with van der Waals surface area (Å²) in [5.41, 5.74) is -0.00958. The summed E-state index contributed by atoms with van der Waals surface area (Å²) in [6.07, 6.45) is 2.58. The molecule has 1 aliphatic heterocycles. The fourth-order valence-corrected chi connectivity index (χ4v) is 1.17. The molecule has 0 aliphatic carbocycles. The number of rotatable bonds is 1. The Bertz CT molecular complexity index is 100. The van der Waals surface area contributed by atoms with Gasteiger partial charge in [0.05, 0.1) is 5.60 Å². The van der Waals surface area contributed by atoms with Gasteiger partial charge in [0.2, 0.25) is 0 Å². The van der Waals surface area contributed by atoms with E-state index < -0.39 is 0 Å². The molecule has 10 heavy (non-hydrogen) atoms. The van der Waals surface area contributed by atoms with Gasteiger partial charge >= 0.3 is 0 Å². The number of hydroxylamine groups is 2. The van der Waals surface area contributed by atoms with Crippen LogP contribution in [0, 0.1) is 0 Å². The molecule has 0 aromatic carbocycles. The number of nitrogens with zero attached hydrogens (tertiary/aromatic N) is 1. The van der Waals surface area contributed by atoms with E-state index in [2.05, 4.69) is 25.8 Å². The van der Waals surface area contributed by atoms with E-state index in [4.69, 9.17) is 4.84 Å². The van der Waals surface area contributed by atoms with Gasteiger partial charge in [-0.3, -0.25) is 4.84 Å². The molecule has 0 unspecified atom stereocenters. The average Bonchev–Trinajstić information content (AvgIpc) is 2.12. The van der Waals surface area contributed by atoms with Gasteiger partial charge in [-0.2, -0.15) is 5.06 Å². The lowest BCUT2D eigenvalue weighted by molar-refractivity contribution is -0.216. The molecule has 0 aromatic heterocycles. The van der Waals surface area contributed by atoms with Gasteiger partial charge in [-0.05, 0) is 33.6 Å². The molecule has 0 bridgehead atoms. The van der Waals surface area contributed by atoms with E-state index in [1.165, 1.54) is 12.8 Å². The van der Waals surface area contributed by atoms with Crippen molar-refractivity contribution in [2.45, 2.75) is 39.2 Å². The number of hydrogen-bond donors (Lipinski definition) is 0. The van der Waals surface area contributed by atoms with E-state index >= 15 is 0 Å². The Labute approximate surface area is 63.1 Å². The molecule has 0 saturated carbocycles. The van der Waals surface area contributed by atoms with Crippen LogP contribution in [-0.2, 0) is 4.84 Å². The first-order chi connectivity index (χ1) is 4.58. The normalized spacial score (nSPS) is 21.9. The summed E-state index contributed by atoms with van der Waals surface area (Å²) in [7, 11) is 0. The number of hydrogen-bond acceptors (Lipinski definition) is 2. The summed E-state index contributed by atoms with van der Waals surface area (Å²) < 4.78 is 0. The van der Waals surface area contributed by atoms with Crippen LogP contribution in [-0.4, -0.2) is 23.8 Å². The predicted octanol–water partition coefficient (Wildman–Crippen LogP) is 1.81. The lowest BCUT2D eigenvalue weighted by Gasteiger charge is -2.25. The second-order valence-electron chi connectivity index (χ2n) is 3.84. The molecular formula is C8H17NO. The van der Waals surface area contributed by atoms with Crippen LogP contribution >= 0.6 is 0 Å². The summed E-state index contributed by atoms with van der Waals surface area (Å²) in [6, 6.07) is 0. The molecule has 1 saturated heterocycles. The fraction of sp³-hybridized carbons (Fsp3) is 1.00. The van der Waals surface area contributed by atoms with Gasteiger partial charge in [0.15, 0.2) is 0 Å². The maximum absolute atomic E-state index is 5.63. The molecule has 0 spiro atoms. The monoisotopic (exact) mass is 143 g/mol. The molecule has 0 N–H and O–H groups in total. The van der Waals surface area contributed by atoms with Crippen molar-refractivity contribution in [1.82, 2.24) is 5.06 Å². The molecule has 1 heterocycles. The van der Waals surface area contributed by atoms with E-state index in [-0.39, 0.29) is 5.60 Å². The molecular weight excluding hydrogens is 126 g/mol. The smallest absolute Gasteiger partial charge is 0.0815 e. The van der Waals surface area contributed by atoms with Gasteiger partial charge < -0.3 is 0 Å². The Morgan fingerprint density at radius 2 is 1.60 bits per heavy atom. The molecule has 2 nitrogen and oxygen atoms in total. The van der Waals surface area contributed by atoms with E-state index in [0.717, 1.165) is 13.1 Å². The van der Waals surface area contributed by atoms with Crippen LogP contribution in [0.2, 0.25) is 0 Å². The first kappa shape index (κ1) is 8.02. The Kier molecular flexibility index (Phi) is 2.32. The largest absolute Gasteiger partial charge is 0.293 e. The third-order valence-corrected chi connectivity index (χ3v) is 1.47. The summed E-state index contributed by atoms with van der Waals surface area (Å²) >= 11 is 0. The molecule has 1 rings (SSSR count). The highest BCUT2D eigenvalue weighted by Gasteiger charge is 2.19. The summed E-state index contributed by atoms with van der Waals surface area (Å²) in [5.74, 6) is 0. The summed E-state index contributed by atoms with van der Waals surface area (Å²) in [5, 5.41) is 2.07. The minimum absolute atomic E-state index is 0.00958. The minimum atomic E-state index is -0.00958. The van der Waals surface area contributed by atoms with Crippen molar-refractivity contribution in [2.24, 2.45) is 0 Å². The van der Waals surface area contributed by atoms with Gasteiger partial charge in [-0.15, -0.1) is 0 Å². The van der Waals surface area contributed by atoms with Gasteiger partial charge in [-0.25, -0.2) is 0 Å². The van der Waals surface area contributed by atoms with Gasteiger partial charge in [0, 0.05) is 13.1 Å². The van der Waals surface area contributed by atoms with Crippen LogP contribution < -0.4 is 0 Å². The molecule has 0 aromatic rings. The highest BCUT2D eigenvalue weighted by molar-refractivity contribution is 4.62. The topological polar surface area (TPSA) is 12.5 Å². The first-order valence-electron chi connectivity index (χ1n) is 4.02. The van der Waals surface area contributed by atoms with Crippen LogP contribution in [0.25, 0.3) is 0 Å². The second kappa shape index (κ2) is 2.89. The van der Waals surface area contributed by atoms with Crippen LogP contribution in [0.5, 0.6) is 0 Å². The summed E-state index contributed by atoms with van der Waals surface area (Å²) in [6.45, 7) is 8.48. The zero-order valence-corrected chi connectivity index (χ0v) is 7.18. The molecule has 0 radical (unpaired) electrons. The maximum Gasteiger partial charge on any atom is 0.0815 e. The molecule has 0 amide bonds. The van der Waals surface area contributed by atoms with Crippen molar-refractivity contribution in [3.8, 4) is 0 Å². The van der Waals surface area contributed by atoms with Gasteiger partial charge in [-0.1, -0.05) is 0 Å². The van der Waals surface area contributed by atoms with Crippen molar-refractivity contribution in [1.29, 1.82) is 0 Å². The second-order valence-corrected chi connectivity index (χ2v) is 3.84. The van der Waals surface area contributed by atoms with E-state index in [0.29, 0.717) is 0 Å². The standard InChI is InChI=1S/C8H17NO/c1-8(2,3)10-9-6-4-5-7-9/h4-7H2,1-3H3. The zero-order valence-electron chi connectivity index (χ0n) is 7.18. The third kappa shape index (κ3) is 2.67. The fourth-order valence-electron chi connectivity index (χ4n) is 1.17. The van der Waals surface area contributed by atoms with E-state index in [9.17, 15) is 0 Å². The van der Waals surface area contributed by atoms with Crippen LogP contribution in [0.1, 0.15) is 33.6 Å². The van der Waals surface area contributed by atoms with Crippen molar-refractivity contribution in [3.05, 3.63) is 0 Å². The Hall–Kier alpha value is -0.0800. The molecule has 1 aliphatic rings. The van der Waals surface area contributed by atoms with E-state index in [1.54, 1.807) is 0 Å². The minimum Gasteiger partial charge on any atom is -0.293 e. The van der Waals surface area contributed by atoms with E-state index in [1.807, 2.05) is 0 Å². The van der Waals surface area contributed by atoms with Crippen molar-refractivity contribution in [3.63, 3.8) is 0 Å². The van der Waals surface area contributed by atoms with Gasteiger partial charge in [0.25, 0.3) is 0 Å². The molecule has 60 valence electrons. The van der Waals surface area contributed by atoms with Crippen molar-refractivity contribution < 1.29 is 4.84 Å². The zero-order chi connectivity index (χ0) is 7.61. The first-order valence-corrected chi connectivity index (χ1v) is 4.02. The van der Waals surface area contributed by atoms with Crippen molar-refractivity contribution >= 4 is 0 Å². The van der Waals surface area contributed by atoms with Gasteiger partial charge in [0.1, 0.15) is 0 Å². The van der Waals surface area contributed by atoms with Crippen LogP contribution in [0.4, 0.5) is 0 Å². The van der Waals surface area contributed by atoms with Crippen LogP contribution in [0.3, 0.4) is 0 Å². The maximum atomic E-state index is 5.63. The van der Waals surface area contributed by atoms with Crippen molar-refractivity contribution in [2.75, 3.05) is 13.1 Å². The lowest BCUT2D eigenvalue weighted by atomic mass is 10.2. The molecule has 1 fully saturated rings. The Balaban J connectivity index is 2.24. The SMILES string of the molecule is CC(C)(C)ON1CCCC1. The highest BCUT2D eigenvalue weighted by atomic mass is 16.7. The lowest BCUT2D eigenvalue weighted by Crippen LogP contribution is -2.31. The molecule has 0 atom stereocenters. The third-order valence-electron chi connectivity index (χ3n) is 1.47. The predicted molar refractivity (Wildman–Crippen MR) is 41.6 cm³/mol. The molecule has 2 heteroatoms. The Morgan fingerprint density at radius 3 is 2.00 bits per heavy atom. The quantitative estimate of drug-likeness (QED) is 0.555.